The van der Waals surface area contributed by atoms with Gasteiger partial charge in [0.25, 0.3) is 5.91 Å². The largest absolute Gasteiger partial charge is 0.496 e. The van der Waals surface area contributed by atoms with Gasteiger partial charge in [-0.1, -0.05) is 26.7 Å². The van der Waals surface area contributed by atoms with Crippen molar-refractivity contribution < 1.29 is 28.5 Å². The topological polar surface area (TPSA) is 83.1 Å². The zero-order valence-electron chi connectivity index (χ0n) is 16.7. The minimum absolute atomic E-state index is 0.121. The van der Waals surface area contributed by atoms with E-state index in [9.17, 15) is 9.59 Å². The first-order valence-corrected chi connectivity index (χ1v) is 9.17. The molecule has 1 saturated carbocycles. The van der Waals surface area contributed by atoms with Crippen LogP contribution in [0.5, 0.6) is 17.2 Å². The third-order valence-electron chi connectivity index (χ3n) is 5.31. The maximum absolute atomic E-state index is 12.4. The van der Waals surface area contributed by atoms with Crippen LogP contribution in [0, 0.1) is 11.8 Å². The molecule has 0 heterocycles. The van der Waals surface area contributed by atoms with E-state index in [1.54, 1.807) is 6.07 Å². The molecule has 0 unspecified atom stereocenters. The molecule has 0 aromatic heterocycles. The van der Waals surface area contributed by atoms with Crippen LogP contribution >= 0.6 is 0 Å². The van der Waals surface area contributed by atoms with Gasteiger partial charge < -0.3 is 24.3 Å². The van der Waals surface area contributed by atoms with Gasteiger partial charge in [0.1, 0.15) is 11.3 Å². The van der Waals surface area contributed by atoms with Crippen molar-refractivity contribution in [2.45, 2.75) is 39.2 Å². The Kier molecular flexibility index (Phi) is 7.33. The summed E-state index contributed by atoms with van der Waals surface area (Å²) >= 11 is 0. The Hall–Kier alpha value is -2.44. The molecule has 0 radical (unpaired) electrons. The molecule has 7 heteroatoms. The summed E-state index contributed by atoms with van der Waals surface area (Å²) in [4.78, 5) is 24.6. The van der Waals surface area contributed by atoms with Crippen molar-refractivity contribution in [2.24, 2.45) is 11.8 Å². The van der Waals surface area contributed by atoms with E-state index in [4.69, 9.17) is 18.9 Å². The van der Waals surface area contributed by atoms with Crippen molar-refractivity contribution in [3.05, 3.63) is 17.7 Å². The van der Waals surface area contributed by atoms with Crippen molar-refractivity contribution in [3.63, 3.8) is 0 Å². The number of benzene rings is 1. The molecule has 1 N–H and O–H groups in total. The first-order valence-electron chi connectivity index (χ1n) is 9.17. The molecule has 0 aliphatic heterocycles. The maximum Gasteiger partial charge on any atom is 0.342 e. The van der Waals surface area contributed by atoms with Gasteiger partial charge in [0.2, 0.25) is 0 Å². The third-order valence-corrected chi connectivity index (χ3v) is 5.31. The van der Waals surface area contributed by atoms with Crippen LogP contribution in [-0.4, -0.2) is 45.9 Å². The van der Waals surface area contributed by atoms with Crippen LogP contribution in [0.2, 0.25) is 0 Å². The molecule has 1 aliphatic rings. The molecule has 1 fully saturated rings. The average Bonchev–Trinajstić information content (AvgIpc) is 2.68. The van der Waals surface area contributed by atoms with Crippen molar-refractivity contribution in [1.29, 1.82) is 0 Å². The monoisotopic (exact) mass is 379 g/mol. The standard InChI is InChI=1S/C20H29NO6/c1-12-7-6-8-15(13(12)2)21-19(22)11-27-20(23)14-9-17(25-4)18(26-5)10-16(14)24-3/h9-10,12-13,15H,6-8,11H2,1-5H3,(H,21,22)/t12-,13+,15-/m1/s1. The molecule has 0 bridgehead atoms. The Balaban J connectivity index is 1.99. The number of ether oxygens (including phenoxy) is 4. The minimum Gasteiger partial charge on any atom is -0.496 e. The van der Waals surface area contributed by atoms with Gasteiger partial charge in [0.05, 0.1) is 21.3 Å². The van der Waals surface area contributed by atoms with E-state index in [1.807, 2.05) is 0 Å². The smallest absolute Gasteiger partial charge is 0.342 e. The number of carbonyl (C=O) groups is 2. The maximum atomic E-state index is 12.4. The quantitative estimate of drug-likeness (QED) is 0.734. The van der Waals surface area contributed by atoms with Gasteiger partial charge >= 0.3 is 5.97 Å². The second-order valence-corrected chi connectivity index (χ2v) is 6.92. The van der Waals surface area contributed by atoms with Crippen LogP contribution in [0.4, 0.5) is 0 Å². The highest BCUT2D eigenvalue weighted by Crippen LogP contribution is 2.35. The highest BCUT2D eigenvalue weighted by atomic mass is 16.5. The number of methoxy groups -OCH3 is 3. The second-order valence-electron chi connectivity index (χ2n) is 6.92. The fraction of sp³-hybridized carbons (Fsp3) is 0.600. The third kappa shape index (κ3) is 5.05. The molecule has 0 saturated heterocycles. The van der Waals surface area contributed by atoms with E-state index in [0.29, 0.717) is 23.3 Å². The molecule has 7 nitrogen and oxygen atoms in total. The van der Waals surface area contributed by atoms with E-state index in [0.717, 1.165) is 12.8 Å². The zero-order valence-corrected chi connectivity index (χ0v) is 16.7. The molecule has 27 heavy (non-hydrogen) atoms. The lowest BCUT2D eigenvalue weighted by molar-refractivity contribution is -0.125. The number of hydrogen-bond acceptors (Lipinski definition) is 6. The lowest BCUT2D eigenvalue weighted by Crippen LogP contribution is -2.45. The summed E-state index contributed by atoms with van der Waals surface area (Å²) in [6.45, 7) is 4.01. The Morgan fingerprint density at radius 1 is 1.00 bits per heavy atom. The number of nitrogens with one attached hydrogen (secondary N) is 1. The molecule has 2 rings (SSSR count). The molecule has 3 atom stereocenters. The van der Waals surface area contributed by atoms with Gasteiger partial charge in [-0.3, -0.25) is 4.79 Å². The van der Waals surface area contributed by atoms with Crippen molar-refractivity contribution in [2.75, 3.05) is 27.9 Å². The van der Waals surface area contributed by atoms with Crippen molar-refractivity contribution in [1.82, 2.24) is 5.32 Å². The highest BCUT2D eigenvalue weighted by Gasteiger charge is 2.28. The lowest BCUT2D eigenvalue weighted by Gasteiger charge is -2.34. The predicted molar refractivity (Wildman–Crippen MR) is 100 cm³/mol. The van der Waals surface area contributed by atoms with Gasteiger partial charge in [-0.2, -0.15) is 0 Å². The van der Waals surface area contributed by atoms with E-state index >= 15 is 0 Å². The summed E-state index contributed by atoms with van der Waals surface area (Å²) in [7, 11) is 4.41. The summed E-state index contributed by atoms with van der Waals surface area (Å²) < 4.78 is 20.8. The van der Waals surface area contributed by atoms with E-state index in [2.05, 4.69) is 19.2 Å². The zero-order chi connectivity index (χ0) is 20.0. The van der Waals surface area contributed by atoms with Gasteiger partial charge in [0.15, 0.2) is 18.1 Å². The summed E-state index contributed by atoms with van der Waals surface area (Å²) in [6, 6.07) is 3.14. The van der Waals surface area contributed by atoms with Crippen LogP contribution in [-0.2, 0) is 9.53 Å². The Labute approximate surface area is 160 Å². The molecule has 1 aromatic carbocycles. The van der Waals surface area contributed by atoms with E-state index in [-0.39, 0.29) is 29.9 Å². The van der Waals surface area contributed by atoms with Crippen LogP contribution in [0.1, 0.15) is 43.5 Å². The Morgan fingerprint density at radius 3 is 2.26 bits per heavy atom. The SMILES string of the molecule is COc1cc(OC)c(C(=O)OCC(=O)N[C@@H]2CCC[C@@H](C)[C@@H]2C)cc1OC. The lowest BCUT2D eigenvalue weighted by atomic mass is 9.78. The first-order chi connectivity index (χ1) is 12.9. The number of amides is 1. The molecule has 1 aromatic rings. The number of carbonyl (C=O) groups excluding carboxylic acids is 2. The van der Waals surface area contributed by atoms with Gasteiger partial charge in [-0.25, -0.2) is 4.79 Å². The highest BCUT2D eigenvalue weighted by molar-refractivity contribution is 5.95. The van der Waals surface area contributed by atoms with Crippen molar-refractivity contribution in [3.8, 4) is 17.2 Å². The molecule has 1 amide bonds. The molecule has 1 aliphatic carbocycles. The fourth-order valence-corrected chi connectivity index (χ4v) is 3.43. The molecule has 150 valence electrons. The second kappa shape index (κ2) is 9.48. The van der Waals surface area contributed by atoms with Crippen LogP contribution in [0.25, 0.3) is 0 Å². The van der Waals surface area contributed by atoms with Crippen LogP contribution in [0.3, 0.4) is 0 Å². The summed E-state index contributed by atoms with van der Waals surface area (Å²) in [5.41, 5.74) is 0.169. The van der Waals surface area contributed by atoms with Gasteiger partial charge in [0, 0.05) is 18.2 Å². The number of rotatable bonds is 7. The van der Waals surface area contributed by atoms with Crippen LogP contribution < -0.4 is 19.5 Å². The molecular weight excluding hydrogens is 350 g/mol. The van der Waals surface area contributed by atoms with E-state index < -0.39 is 5.97 Å². The summed E-state index contributed by atoms with van der Waals surface area (Å²) in [5.74, 6) is 1.12. The first kappa shape index (κ1) is 20.9. The van der Waals surface area contributed by atoms with Gasteiger partial charge in [-0.05, 0) is 18.3 Å². The van der Waals surface area contributed by atoms with Gasteiger partial charge in [-0.15, -0.1) is 0 Å². The Morgan fingerprint density at radius 2 is 1.63 bits per heavy atom. The van der Waals surface area contributed by atoms with E-state index in [1.165, 1.54) is 33.8 Å². The number of esters is 1. The Bertz CT molecular complexity index is 675. The number of hydrogen-bond donors (Lipinski definition) is 1. The summed E-state index contributed by atoms with van der Waals surface area (Å²) in [5, 5.41) is 2.98. The van der Waals surface area contributed by atoms with Crippen molar-refractivity contribution >= 4 is 11.9 Å². The molecular formula is C20H29NO6. The summed E-state index contributed by atoms with van der Waals surface area (Å²) in [6.07, 6.45) is 3.23. The van der Waals surface area contributed by atoms with Crippen LogP contribution in [0.15, 0.2) is 12.1 Å². The normalized spacial score (nSPS) is 21.9. The molecule has 0 spiro atoms. The average molecular weight is 379 g/mol. The minimum atomic E-state index is -0.659. The predicted octanol–water partition coefficient (Wildman–Crippen LogP) is 2.81. The fourth-order valence-electron chi connectivity index (χ4n) is 3.43.